The van der Waals surface area contributed by atoms with E-state index < -0.39 is 0 Å². The van der Waals surface area contributed by atoms with Gasteiger partial charge in [0.25, 0.3) is 5.91 Å². The first-order valence-corrected chi connectivity index (χ1v) is 10.2. The third-order valence-electron chi connectivity index (χ3n) is 5.53. The molecule has 1 saturated heterocycles. The normalized spacial score (nSPS) is 26.4. The van der Waals surface area contributed by atoms with E-state index in [2.05, 4.69) is 12.2 Å². The van der Waals surface area contributed by atoms with E-state index in [9.17, 15) is 9.59 Å². The molecule has 2 aliphatic rings. The fourth-order valence-electron chi connectivity index (χ4n) is 4.07. The maximum absolute atomic E-state index is 12.8. The van der Waals surface area contributed by atoms with Crippen molar-refractivity contribution in [1.29, 1.82) is 0 Å². The zero-order chi connectivity index (χ0) is 18.7. The van der Waals surface area contributed by atoms with E-state index in [1.807, 2.05) is 0 Å². The summed E-state index contributed by atoms with van der Waals surface area (Å²) in [6, 6.07) is 5.20. The lowest BCUT2D eigenvalue weighted by Gasteiger charge is -2.34. The molecule has 3 unspecified atom stereocenters. The highest BCUT2D eigenvalue weighted by molar-refractivity contribution is 6.42. The van der Waals surface area contributed by atoms with Crippen LogP contribution in [0.1, 0.15) is 55.8 Å². The molecule has 1 aliphatic heterocycles. The van der Waals surface area contributed by atoms with Gasteiger partial charge in [-0.3, -0.25) is 9.59 Å². The lowest BCUT2D eigenvalue weighted by molar-refractivity contribution is -0.127. The summed E-state index contributed by atoms with van der Waals surface area (Å²) < 4.78 is 0. The third kappa shape index (κ3) is 4.72. The van der Waals surface area contributed by atoms with E-state index in [4.69, 9.17) is 23.2 Å². The molecular formula is C20H26Cl2N2O2. The summed E-state index contributed by atoms with van der Waals surface area (Å²) in [5, 5.41) is 4.02. The molecule has 1 aromatic carbocycles. The van der Waals surface area contributed by atoms with Crippen molar-refractivity contribution in [1.82, 2.24) is 10.2 Å². The molecule has 1 saturated carbocycles. The number of amides is 2. The third-order valence-corrected chi connectivity index (χ3v) is 6.27. The topological polar surface area (TPSA) is 49.4 Å². The Kier molecular flexibility index (Phi) is 6.46. The fourth-order valence-corrected chi connectivity index (χ4v) is 4.37. The smallest absolute Gasteiger partial charge is 0.253 e. The van der Waals surface area contributed by atoms with Gasteiger partial charge in [0, 0.05) is 24.7 Å². The molecule has 2 amide bonds. The Hall–Kier alpha value is -1.26. The number of hydrogen-bond acceptors (Lipinski definition) is 2. The zero-order valence-electron chi connectivity index (χ0n) is 15.1. The summed E-state index contributed by atoms with van der Waals surface area (Å²) >= 11 is 12.0. The minimum atomic E-state index is -0.132. The Bertz CT molecular complexity index is 680. The number of halogens is 2. The van der Waals surface area contributed by atoms with Gasteiger partial charge in [-0.2, -0.15) is 0 Å². The standard InChI is InChI=1S/C20H26Cl2N2O2/c1-13-4-2-6-16(10-13)23-19(25)15-5-3-9-24(12-15)20(26)14-7-8-17(21)18(22)11-14/h7-8,11,13,15-16H,2-6,9-10,12H2,1H3,(H,23,25). The molecule has 2 fully saturated rings. The molecule has 0 radical (unpaired) electrons. The Balaban J connectivity index is 1.60. The van der Waals surface area contributed by atoms with Crippen molar-refractivity contribution in [2.45, 2.75) is 51.5 Å². The first-order chi connectivity index (χ1) is 12.4. The molecule has 26 heavy (non-hydrogen) atoms. The van der Waals surface area contributed by atoms with Crippen LogP contribution >= 0.6 is 23.2 Å². The van der Waals surface area contributed by atoms with E-state index in [1.54, 1.807) is 23.1 Å². The summed E-state index contributed by atoms with van der Waals surface area (Å²) in [6.07, 6.45) is 6.23. The second-order valence-corrected chi connectivity index (χ2v) is 8.51. The quantitative estimate of drug-likeness (QED) is 0.814. The second-order valence-electron chi connectivity index (χ2n) is 7.70. The molecular weight excluding hydrogens is 371 g/mol. The number of likely N-dealkylation sites (tertiary alicyclic amines) is 1. The van der Waals surface area contributed by atoms with Crippen molar-refractivity contribution in [2.24, 2.45) is 11.8 Å². The molecule has 1 heterocycles. The minimum absolute atomic E-state index is 0.0904. The van der Waals surface area contributed by atoms with Gasteiger partial charge in [-0.25, -0.2) is 0 Å². The molecule has 1 aliphatic carbocycles. The van der Waals surface area contributed by atoms with Crippen LogP contribution in [0.3, 0.4) is 0 Å². The van der Waals surface area contributed by atoms with E-state index in [-0.39, 0.29) is 23.8 Å². The van der Waals surface area contributed by atoms with Gasteiger partial charge in [0.05, 0.1) is 16.0 Å². The highest BCUT2D eigenvalue weighted by atomic mass is 35.5. The van der Waals surface area contributed by atoms with Crippen molar-refractivity contribution in [3.05, 3.63) is 33.8 Å². The lowest BCUT2D eigenvalue weighted by atomic mass is 9.86. The van der Waals surface area contributed by atoms with Gasteiger partial charge >= 0.3 is 0 Å². The van der Waals surface area contributed by atoms with Crippen molar-refractivity contribution < 1.29 is 9.59 Å². The molecule has 1 aromatic rings. The predicted octanol–water partition coefficient (Wildman–Crippen LogP) is 4.54. The minimum Gasteiger partial charge on any atom is -0.353 e. The largest absolute Gasteiger partial charge is 0.353 e. The number of benzene rings is 1. The van der Waals surface area contributed by atoms with Gasteiger partial charge in [-0.15, -0.1) is 0 Å². The van der Waals surface area contributed by atoms with Crippen molar-refractivity contribution in [3.63, 3.8) is 0 Å². The van der Waals surface area contributed by atoms with Crippen LogP contribution in [0.4, 0.5) is 0 Å². The average Bonchev–Trinajstić information content (AvgIpc) is 2.63. The van der Waals surface area contributed by atoms with Crippen molar-refractivity contribution in [2.75, 3.05) is 13.1 Å². The van der Waals surface area contributed by atoms with Crippen molar-refractivity contribution >= 4 is 35.0 Å². The zero-order valence-corrected chi connectivity index (χ0v) is 16.7. The first kappa shape index (κ1) is 19.5. The maximum Gasteiger partial charge on any atom is 0.253 e. The predicted molar refractivity (Wildman–Crippen MR) is 105 cm³/mol. The second kappa shape index (κ2) is 8.62. The van der Waals surface area contributed by atoms with E-state index in [0.29, 0.717) is 34.6 Å². The summed E-state index contributed by atoms with van der Waals surface area (Å²) in [6.45, 7) is 3.38. The van der Waals surface area contributed by atoms with Crippen LogP contribution in [0.2, 0.25) is 10.0 Å². The number of nitrogens with zero attached hydrogens (tertiary/aromatic N) is 1. The monoisotopic (exact) mass is 396 g/mol. The first-order valence-electron chi connectivity index (χ1n) is 9.48. The van der Waals surface area contributed by atoms with Crippen molar-refractivity contribution in [3.8, 4) is 0 Å². The van der Waals surface area contributed by atoms with E-state index in [1.165, 1.54) is 12.8 Å². The number of carbonyl (C=O) groups excluding carboxylic acids is 2. The molecule has 0 spiro atoms. The summed E-state index contributed by atoms with van der Waals surface area (Å²) in [7, 11) is 0. The number of carbonyl (C=O) groups is 2. The van der Waals surface area contributed by atoms with Crippen LogP contribution in [0.5, 0.6) is 0 Å². The Labute approximate surface area is 165 Å². The highest BCUT2D eigenvalue weighted by Gasteiger charge is 2.31. The Morgan fingerprint density at radius 2 is 1.92 bits per heavy atom. The molecule has 142 valence electrons. The van der Waals surface area contributed by atoms with Crippen LogP contribution in [0.25, 0.3) is 0 Å². The average molecular weight is 397 g/mol. The van der Waals surface area contributed by atoms with E-state index >= 15 is 0 Å². The van der Waals surface area contributed by atoms with Gasteiger partial charge in [-0.1, -0.05) is 43.0 Å². The highest BCUT2D eigenvalue weighted by Crippen LogP contribution is 2.26. The molecule has 4 nitrogen and oxygen atoms in total. The molecule has 0 aromatic heterocycles. The van der Waals surface area contributed by atoms with Gasteiger partial charge in [0.2, 0.25) is 5.91 Å². The van der Waals surface area contributed by atoms with Crippen LogP contribution in [0.15, 0.2) is 18.2 Å². The Morgan fingerprint density at radius 3 is 2.65 bits per heavy atom. The van der Waals surface area contributed by atoms with Crippen LogP contribution in [-0.2, 0) is 4.79 Å². The van der Waals surface area contributed by atoms with Gasteiger partial charge in [0.15, 0.2) is 0 Å². The number of rotatable bonds is 3. The fraction of sp³-hybridized carbons (Fsp3) is 0.600. The number of nitrogens with one attached hydrogen (secondary N) is 1. The number of piperidine rings is 1. The summed E-state index contributed by atoms with van der Waals surface area (Å²) in [4.78, 5) is 27.2. The van der Waals surface area contributed by atoms with Crippen LogP contribution in [0, 0.1) is 11.8 Å². The maximum atomic E-state index is 12.8. The molecule has 6 heteroatoms. The summed E-state index contributed by atoms with van der Waals surface area (Å²) in [5.74, 6) is 0.545. The SMILES string of the molecule is CC1CCCC(NC(=O)C2CCCN(C(=O)c3ccc(Cl)c(Cl)c3)C2)C1. The van der Waals surface area contributed by atoms with Gasteiger partial charge in [0.1, 0.15) is 0 Å². The molecule has 1 N–H and O–H groups in total. The van der Waals surface area contributed by atoms with Gasteiger partial charge < -0.3 is 10.2 Å². The van der Waals surface area contributed by atoms with E-state index in [0.717, 1.165) is 25.7 Å². The molecule has 3 rings (SSSR count). The van der Waals surface area contributed by atoms with Crippen LogP contribution in [-0.4, -0.2) is 35.8 Å². The summed E-state index contributed by atoms with van der Waals surface area (Å²) in [5.41, 5.74) is 0.515. The lowest BCUT2D eigenvalue weighted by Crippen LogP contribution is -2.48. The molecule has 0 bridgehead atoms. The van der Waals surface area contributed by atoms with Gasteiger partial charge in [-0.05, 0) is 49.8 Å². The Morgan fingerprint density at radius 1 is 1.12 bits per heavy atom. The van der Waals surface area contributed by atoms with Crippen LogP contribution < -0.4 is 5.32 Å². The number of hydrogen-bond donors (Lipinski definition) is 1. The molecule has 3 atom stereocenters.